The minimum absolute atomic E-state index is 0.0186. The third-order valence-electron chi connectivity index (χ3n) is 9.11. The number of primary amides is 1. The predicted octanol–water partition coefficient (Wildman–Crippen LogP) is 4.12. The summed E-state index contributed by atoms with van der Waals surface area (Å²) < 4.78 is 0. The largest absolute Gasteiger partial charge is 0.366 e. The van der Waals surface area contributed by atoms with Gasteiger partial charge in [0.15, 0.2) is 11.5 Å². The third-order valence-corrected chi connectivity index (χ3v) is 9.11. The van der Waals surface area contributed by atoms with Crippen LogP contribution in [0.4, 0.5) is 23.0 Å². The Labute approximate surface area is 253 Å². The van der Waals surface area contributed by atoms with E-state index >= 15 is 0 Å². The first-order valence-electron chi connectivity index (χ1n) is 15.4. The molecule has 3 fully saturated rings. The molecule has 2 aromatic carbocycles. The number of benzene rings is 2. The summed E-state index contributed by atoms with van der Waals surface area (Å²) in [6.07, 6.45) is 5.85. The Morgan fingerprint density at radius 2 is 1.67 bits per heavy atom. The Bertz CT molecular complexity index is 1460. The molecule has 2 aliphatic heterocycles. The first-order chi connectivity index (χ1) is 20.8. The second-order valence-electron chi connectivity index (χ2n) is 12.3. The molecule has 0 bridgehead atoms. The van der Waals surface area contributed by atoms with Crippen LogP contribution in [0.15, 0.2) is 54.7 Å². The minimum atomic E-state index is -0.644. The van der Waals surface area contributed by atoms with Gasteiger partial charge in [0.2, 0.25) is 0 Å². The Kier molecular flexibility index (Phi) is 8.21. The summed E-state index contributed by atoms with van der Waals surface area (Å²) in [5.41, 5.74) is 9.72. The molecule has 3 atom stereocenters. The predicted molar refractivity (Wildman–Crippen MR) is 170 cm³/mol. The Balaban J connectivity index is 1.16. The molecule has 10 nitrogen and oxygen atoms in total. The number of nitrogens with zero attached hydrogens (tertiary/aromatic N) is 5. The van der Waals surface area contributed by atoms with Crippen molar-refractivity contribution in [1.82, 2.24) is 20.2 Å². The maximum Gasteiger partial charge on any atom is 0.271 e. The molecule has 226 valence electrons. The van der Waals surface area contributed by atoms with Crippen molar-refractivity contribution in [3.8, 4) is 0 Å². The number of carbonyl (C=O) groups is 2. The number of piperidine rings is 1. The van der Waals surface area contributed by atoms with Crippen LogP contribution in [0.25, 0.3) is 0 Å². The maximum absolute atomic E-state index is 13.1. The van der Waals surface area contributed by atoms with Crippen molar-refractivity contribution in [2.45, 2.75) is 63.6 Å². The highest BCUT2D eigenvalue weighted by molar-refractivity contribution is 5.96. The van der Waals surface area contributed by atoms with E-state index in [1.54, 1.807) is 6.20 Å². The second kappa shape index (κ2) is 12.2. The molecule has 6 rings (SSSR count). The summed E-state index contributed by atoms with van der Waals surface area (Å²) in [6.45, 7) is 8.14. The van der Waals surface area contributed by atoms with Crippen LogP contribution in [0.1, 0.15) is 71.9 Å². The lowest BCUT2D eigenvalue weighted by molar-refractivity contribution is 0.0923. The van der Waals surface area contributed by atoms with Crippen LogP contribution in [0, 0.1) is 0 Å². The Morgan fingerprint density at radius 1 is 0.930 bits per heavy atom. The Morgan fingerprint density at radius 3 is 2.35 bits per heavy atom. The number of carbonyl (C=O) groups excluding carboxylic acids is 2. The van der Waals surface area contributed by atoms with E-state index in [0.717, 1.165) is 50.4 Å². The van der Waals surface area contributed by atoms with Crippen LogP contribution >= 0.6 is 0 Å². The summed E-state index contributed by atoms with van der Waals surface area (Å²) in [5.74, 6) is 0.910. The van der Waals surface area contributed by atoms with Crippen molar-refractivity contribution in [3.63, 3.8) is 0 Å². The fraction of sp³-hybridized carbons (Fsp3) is 0.455. The van der Waals surface area contributed by atoms with Gasteiger partial charge in [-0.2, -0.15) is 0 Å². The average Bonchev–Trinajstić information content (AvgIpc) is 3.85. The van der Waals surface area contributed by atoms with Gasteiger partial charge in [0.1, 0.15) is 5.82 Å². The van der Waals surface area contributed by atoms with Gasteiger partial charge >= 0.3 is 0 Å². The number of hydrogen-bond donors (Lipinski definition) is 3. The van der Waals surface area contributed by atoms with E-state index in [1.165, 1.54) is 18.4 Å². The standard InChI is InChI=1S/C33H42N8O2/c1-21-20-39(3)17-18-40(21)27-14-12-26(13-15-27)36-32-30(31(34)42)35-19-29(38-32)41-16-4-5-28(22(41)2)37-33(43)25-10-8-24(9-11-25)23-6-7-23/h8-15,19,21-23,28H,4-7,16-18,20H2,1-3H3,(H2,34,42)(H,36,38)(H,37,43)/t21-,22+,28+/m0/s1. The molecule has 0 radical (unpaired) electrons. The molecule has 1 saturated carbocycles. The highest BCUT2D eigenvalue weighted by Crippen LogP contribution is 2.40. The average molecular weight is 583 g/mol. The third kappa shape index (κ3) is 6.44. The van der Waals surface area contributed by atoms with E-state index in [-0.39, 0.29) is 23.7 Å². The summed E-state index contributed by atoms with van der Waals surface area (Å²) >= 11 is 0. The number of piperazine rings is 1. The number of amides is 2. The van der Waals surface area contributed by atoms with Gasteiger partial charge in [-0.05, 0) is 94.5 Å². The molecule has 43 heavy (non-hydrogen) atoms. The number of nitrogens with two attached hydrogens (primary N) is 1. The molecule has 3 aromatic rings. The van der Waals surface area contributed by atoms with E-state index in [9.17, 15) is 9.59 Å². The van der Waals surface area contributed by atoms with Crippen molar-refractivity contribution in [2.75, 3.05) is 48.3 Å². The lowest BCUT2D eigenvalue weighted by atomic mass is 9.97. The molecular formula is C33H42N8O2. The molecule has 3 aliphatic rings. The van der Waals surface area contributed by atoms with Gasteiger partial charge in [-0.3, -0.25) is 9.59 Å². The normalized spacial score (nSPS) is 22.7. The van der Waals surface area contributed by atoms with Crippen molar-refractivity contribution in [2.24, 2.45) is 5.73 Å². The molecule has 1 aromatic heterocycles. The van der Waals surface area contributed by atoms with Crippen molar-refractivity contribution >= 4 is 34.8 Å². The highest BCUT2D eigenvalue weighted by Gasteiger charge is 2.31. The van der Waals surface area contributed by atoms with Crippen LogP contribution < -0.4 is 26.2 Å². The fourth-order valence-corrected chi connectivity index (χ4v) is 6.42. The van der Waals surface area contributed by atoms with Crippen LogP contribution in [0.5, 0.6) is 0 Å². The van der Waals surface area contributed by atoms with Crippen LogP contribution in [0.2, 0.25) is 0 Å². The molecular weight excluding hydrogens is 540 g/mol. The van der Waals surface area contributed by atoms with Crippen LogP contribution in [-0.4, -0.2) is 78.0 Å². The Hall–Kier alpha value is -4.18. The van der Waals surface area contributed by atoms with Crippen LogP contribution in [-0.2, 0) is 0 Å². The van der Waals surface area contributed by atoms with Gasteiger partial charge in [-0.25, -0.2) is 9.97 Å². The van der Waals surface area contributed by atoms with E-state index in [0.29, 0.717) is 29.2 Å². The molecule has 2 amide bonds. The van der Waals surface area contributed by atoms with E-state index in [4.69, 9.17) is 10.7 Å². The second-order valence-corrected chi connectivity index (χ2v) is 12.3. The van der Waals surface area contributed by atoms with E-state index in [2.05, 4.69) is 75.5 Å². The van der Waals surface area contributed by atoms with Gasteiger partial charge < -0.3 is 31.1 Å². The quantitative estimate of drug-likeness (QED) is 0.363. The maximum atomic E-state index is 13.1. The fourth-order valence-electron chi connectivity index (χ4n) is 6.42. The van der Waals surface area contributed by atoms with Gasteiger partial charge in [-0.1, -0.05) is 12.1 Å². The SMILES string of the molecule is C[C@@H]1[C@H](NC(=O)c2ccc(C3CC3)cc2)CCCN1c1cnc(C(N)=O)c(Nc2ccc(N3CCN(C)C[C@@H]3C)cc2)n1. The monoisotopic (exact) mass is 582 g/mol. The highest BCUT2D eigenvalue weighted by atomic mass is 16.2. The zero-order valence-corrected chi connectivity index (χ0v) is 25.3. The summed E-state index contributed by atoms with van der Waals surface area (Å²) in [4.78, 5) is 41.5. The zero-order valence-electron chi connectivity index (χ0n) is 25.3. The molecule has 0 spiro atoms. The lowest BCUT2D eigenvalue weighted by Crippen LogP contribution is -2.54. The summed E-state index contributed by atoms with van der Waals surface area (Å²) in [5, 5.41) is 6.53. The number of hydrogen-bond acceptors (Lipinski definition) is 8. The minimum Gasteiger partial charge on any atom is -0.366 e. The zero-order chi connectivity index (χ0) is 30.1. The number of anilines is 4. The number of aromatic nitrogens is 2. The topological polar surface area (TPSA) is 120 Å². The van der Waals surface area contributed by atoms with Crippen molar-refractivity contribution in [3.05, 3.63) is 71.5 Å². The number of likely N-dealkylation sites (N-methyl/N-ethyl adjacent to an activating group) is 1. The first kappa shape index (κ1) is 28.9. The van der Waals surface area contributed by atoms with E-state index in [1.807, 2.05) is 24.3 Å². The molecule has 4 N–H and O–H groups in total. The van der Waals surface area contributed by atoms with Gasteiger partial charge in [-0.15, -0.1) is 0 Å². The number of rotatable bonds is 8. The van der Waals surface area contributed by atoms with E-state index < -0.39 is 5.91 Å². The smallest absolute Gasteiger partial charge is 0.271 e. The van der Waals surface area contributed by atoms with Gasteiger partial charge in [0, 0.05) is 61.2 Å². The van der Waals surface area contributed by atoms with Crippen molar-refractivity contribution in [1.29, 1.82) is 0 Å². The molecule has 0 unspecified atom stereocenters. The van der Waals surface area contributed by atoms with Crippen molar-refractivity contribution < 1.29 is 9.59 Å². The summed E-state index contributed by atoms with van der Waals surface area (Å²) in [7, 11) is 2.15. The van der Waals surface area contributed by atoms with Gasteiger partial charge in [0.25, 0.3) is 11.8 Å². The van der Waals surface area contributed by atoms with Crippen LogP contribution in [0.3, 0.4) is 0 Å². The lowest BCUT2D eigenvalue weighted by Gasteiger charge is -2.40. The molecule has 3 heterocycles. The first-order valence-corrected chi connectivity index (χ1v) is 15.4. The molecule has 10 heteroatoms. The molecule has 2 saturated heterocycles. The molecule has 1 aliphatic carbocycles. The number of nitrogens with one attached hydrogen (secondary N) is 2. The summed E-state index contributed by atoms with van der Waals surface area (Å²) in [6, 6.07) is 16.5. The van der Waals surface area contributed by atoms with Gasteiger partial charge in [0.05, 0.1) is 6.20 Å².